The molecule has 1 aromatic heterocycles. The van der Waals surface area contributed by atoms with Crippen molar-refractivity contribution >= 4 is 5.91 Å². The van der Waals surface area contributed by atoms with Gasteiger partial charge in [0.25, 0.3) is 5.91 Å². The predicted molar refractivity (Wildman–Crippen MR) is 114 cm³/mol. The summed E-state index contributed by atoms with van der Waals surface area (Å²) >= 11 is 0. The number of ether oxygens (including phenoxy) is 3. The molecule has 160 valence electrons. The molecule has 2 aliphatic rings. The number of benzene rings is 2. The minimum absolute atomic E-state index is 0.137. The first-order chi connectivity index (χ1) is 15.0. The summed E-state index contributed by atoms with van der Waals surface area (Å²) in [6, 6.07) is 9.72. The van der Waals surface area contributed by atoms with Crippen LogP contribution in [0.2, 0.25) is 0 Å². The molecule has 2 aromatic carbocycles. The van der Waals surface area contributed by atoms with Gasteiger partial charge < -0.3 is 23.6 Å². The third-order valence-electron chi connectivity index (χ3n) is 6.19. The van der Waals surface area contributed by atoms with Crippen LogP contribution in [0.5, 0.6) is 17.2 Å². The van der Waals surface area contributed by atoms with E-state index in [-0.39, 0.29) is 18.6 Å². The summed E-state index contributed by atoms with van der Waals surface area (Å²) in [6.45, 7) is 4.87. The Balaban J connectivity index is 1.49. The number of hydrogen-bond donors (Lipinski definition) is 0. The molecule has 0 saturated heterocycles. The van der Waals surface area contributed by atoms with Gasteiger partial charge in [0.15, 0.2) is 23.0 Å². The van der Waals surface area contributed by atoms with E-state index in [1.54, 1.807) is 14.2 Å². The number of carbonyl (C=O) groups excluding carboxylic acids is 1. The van der Waals surface area contributed by atoms with E-state index in [0.717, 1.165) is 34.4 Å². The van der Waals surface area contributed by atoms with E-state index in [1.165, 1.54) is 0 Å². The number of fused-ring (bicyclic) bond motifs is 4. The molecule has 7 nitrogen and oxygen atoms in total. The van der Waals surface area contributed by atoms with Gasteiger partial charge in [0.1, 0.15) is 12.4 Å². The topological polar surface area (TPSA) is 74.0 Å². The van der Waals surface area contributed by atoms with Crippen LogP contribution in [-0.2, 0) is 13.0 Å². The Labute approximate surface area is 180 Å². The first kappa shape index (κ1) is 19.5. The highest BCUT2D eigenvalue weighted by molar-refractivity contribution is 5.96. The average molecular weight is 420 g/mol. The lowest BCUT2D eigenvalue weighted by Gasteiger charge is -2.35. The van der Waals surface area contributed by atoms with Crippen LogP contribution in [0.15, 0.2) is 34.9 Å². The van der Waals surface area contributed by atoms with Gasteiger partial charge in [-0.15, -0.1) is 0 Å². The van der Waals surface area contributed by atoms with Crippen molar-refractivity contribution in [3.8, 4) is 28.6 Å². The van der Waals surface area contributed by atoms with Crippen LogP contribution in [0, 0.1) is 6.92 Å². The van der Waals surface area contributed by atoms with Gasteiger partial charge >= 0.3 is 0 Å². The molecule has 5 rings (SSSR count). The second-order valence-corrected chi connectivity index (χ2v) is 7.96. The lowest BCUT2D eigenvalue weighted by atomic mass is 9.92. The molecule has 1 amide bonds. The fourth-order valence-electron chi connectivity index (χ4n) is 4.48. The zero-order chi connectivity index (χ0) is 21.7. The van der Waals surface area contributed by atoms with Crippen LogP contribution in [-0.4, -0.2) is 36.7 Å². The van der Waals surface area contributed by atoms with Crippen LogP contribution >= 0.6 is 0 Å². The fraction of sp³-hybridized carbons (Fsp3) is 0.333. The molecule has 1 unspecified atom stereocenters. The van der Waals surface area contributed by atoms with Crippen molar-refractivity contribution in [1.82, 2.24) is 10.1 Å². The second kappa shape index (κ2) is 7.34. The van der Waals surface area contributed by atoms with Gasteiger partial charge in [-0.1, -0.05) is 16.8 Å². The summed E-state index contributed by atoms with van der Waals surface area (Å²) in [6.07, 6.45) is 0.727. The van der Waals surface area contributed by atoms with Gasteiger partial charge in [-0.3, -0.25) is 4.79 Å². The largest absolute Gasteiger partial charge is 0.493 e. The lowest BCUT2D eigenvalue weighted by molar-refractivity contribution is 0.0664. The van der Waals surface area contributed by atoms with Crippen LogP contribution in [0.3, 0.4) is 0 Å². The number of methoxy groups -OCH3 is 2. The van der Waals surface area contributed by atoms with Crippen molar-refractivity contribution in [3.05, 3.63) is 58.3 Å². The molecule has 3 aromatic rings. The Morgan fingerprint density at radius 3 is 2.71 bits per heavy atom. The Bertz CT molecular complexity index is 1180. The Morgan fingerprint density at radius 1 is 1.16 bits per heavy atom. The highest BCUT2D eigenvalue weighted by Crippen LogP contribution is 2.41. The molecule has 0 bridgehead atoms. The monoisotopic (exact) mass is 420 g/mol. The molecule has 0 fully saturated rings. The third kappa shape index (κ3) is 3.03. The number of nitrogens with zero attached hydrogens (tertiary/aromatic N) is 2. The molecular formula is C24H24N2O5. The van der Waals surface area contributed by atoms with Crippen molar-refractivity contribution in [2.24, 2.45) is 0 Å². The smallest absolute Gasteiger partial charge is 0.277 e. The number of rotatable bonds is 3. The minimum atomic E-state index is -0.155. The number of hydrogen-bond acceptors (Lipinski definition) is 6. The summed E-state index contributed by atoms with van der Waals surface area (Å²) in [7, 11) is 3.24. The Hall–Kier alpha value is -3.48. The molecule has 3 heterocycles. The molecule has 1 atom stereocenters. The van der Waals surface area contributed by atoms with Crippen molar-refractivity contribution in [2.75, 3.05) is 20.8 Å². The third-order valence-corrected chi connectivity index (χ3v) is 6.19. The number of aryl methyl sites for hydroxylation is 1. The van der Waals surface area contributed by atoms with Crippen LogP contribution in [0.4, 0.5) is 0 Å². The van der Waals surface area contributed by atoms with E-state index in [9.17, 15) is 4.79 Å². The van der Waals surface area contributed by atoms with Crippen molar-refractivity contribution in [1.29, 1.82) is 0 Å². The molecule has 0 saturated carbocycles. The van der Waals surface area contributed by atoms with Crippen LogP contribution in [0.1, 0.15) is 45.7 Å². The predicted octanol–water partition coefficient (Wildman–Crippen LogP) is 4.32. The highest BCUT2D eigenvalue weighted by Gasteiger charge is 2.35. The lowest BCUT2D eigenvalue weighted by Crippen LogP contribution is -2.39. The quantitative estimate of drug-likeness (QED) is 0.628. The van der Waals surface area contributed by atoms with Gasteiger partial charge in [0, 0.05) is 6.54 Å². The van der Waals surface area contributed by atoms with E-state index in [4.69, 9.17) is 18.7 Å². The zero-order valence-electron chi connectivity index (χ0n) is 18.0. The first-order valence-corrected chi connectivity index (χ1v) is 10.3. The molecule has 2 aliphatic heterocycles. The molecule has 0 spiro atoms. The molecule has 0 aliphatic carbocycles. The fourth-order valence-corrected chi connectivity index (χ4v) is 4.48. The van der Waals surface area contributed by atoms with E-state index < -0.39 is 0 Å². The van der Waals surface area contributed by atoms with Gasteiger partial charge in [-0.2, -0.15) is 0 Å². The SMILES string of the molecule is COc1cc2c(cc1OC)C(C)N(C(=O)c1noc3c1COc1ccc(C)cc1-3)CC2. The Kier molecular flexibility index (Phi) is 4.61. The average Bonchev–Trinajstić information content (AvgIpc) is 3.23. The molecule has 0 radical (unpaired) electrons. The minimum Gasteiger partial charge on any atom is -0.493 e. The van der Waals surface area contributed by atoms with E-state index in [1.807, 2.05) is 49.1 Å². The number of amides is 1. The van der Waals surface area contributed by atoms with Crippen molar-refractivity contribution in [3.63, 3.8) is 0 Å². The van der Waals surface area contributed by atoms with Crippen LogP contribution < -0.4 is 14.2 Å². The summed E-state index contributed by atoms with van der Waals surface area (Å²) < 4.78 is 22.4. The highest BCUT2D eigenvalue weighted by atomic mass is 16.5. The summed E-state index contributed by atoms with van der Waals surface area (Å²) in [5.74, 6) is 2.56. The van der Waals surface area contributed by atoms with E-state index in [0.29, 0.717) is 35.1 Å². The van der Waals surface area contributed by atoms with Gasteiger partial charge in [0.05, 0.1) is 31.4 Å². The molecule has 31 heavy (non-hydrogen) atoms. The molecule has 0 N–H and O–H groups in total. The summed E-state index contributed by atoms with van der Waals surface area (Å²) in [5.41, 5.74) is 5.15. The summed E-state index contributed by atoms with van der Waals surface area (Å²) in [5, 5.41) is 4.16. The number of carbonyl (C=O) groups is 1. The zero-order valence-corrected chi connectivity index (χ0v) is 18.0. The standard InChI is InChI=1S/C24H24N2O5/c1-13-5-6-19-17(9-13)23-18(12-30-19)22(25-31-23)24(27)26-8-7-15-10-20(28-3)21(29-4)11-16(15)14(26)2/h5-6,9-11,14H,7-8,12H2,1-4H3. The van der Waals surface area contributed by atoms with Crippen molar-refractivity contribution in [2.45, 2.75) is 32.9 Å². The Morgan fingerprint density at radius 2 is 1.94 bits per heavy atom. The molecular weight excluding hydrogens is 396 g/mol. The van der Waals surface area contributed by atoms with Gasteiger partial charge in [0.2, 0.25) is 0 Å². The van der Waals surface area contributed by atoms with Gasteiger partial charge in [-0.25, -0.2) is 0 Å². The van der Waals surface area contributed by atoms with Gasteiger partial charge in [-0.05, 0) is 55.7 Å². The van der Waals surface area contributed by atoms with E-state index >= 15 is 0 Å². The van der Waals surface area contributed by atoms with Crippen molar-refractivity contribution < 1.29 is 23.5 Å². The van der Waals surface area contributed by atoms with Crippen LogP contribution in [0.25, 0.3) is 11.3 Å². The maximum absolute atomic E-state index is 13.5. The molecule has 7 heteroatoms. The maximum Gasteiger partial charge on any atom is 0.277 e. The number of aromatic nitrogens is 1. The summed E-state index contributed by atoms with van der Waals surface area (Å²) in [4.78, 5) is 15.3. The maximum atomic E-state index is 13.5. The first-order valence-electron chi connectivity index (χ1n) is 10.3. The van der Waals surface area contributed by atoms with E-state index in [2.05, 4.69) is 5.16 Å². The second-order valence-electron chi connectivity index (χ2n) is 7.96. The normalized spacial score (nSPS) is 16.6.